The van der Waals surface area contributed by atoms with E-state index in [9.17, 15) is 13.2 Å². The van der Waals surface area contributed by atoms with E-state index < -0.39 is 9.84 Å². The molecule has 5 nitrogen and oxygen atoms in total. The van der Waals surface area contributed by atoms with E-state index >= 15 is 0 Å². The molecule has 1 aromatic carbocycles. The third-order valence-electron chi connectivity index (χ3n) is 3.69. The summed E-state index contributed by atoms with van der Waals surface area (Å²) >= 11 is 5.89. The van der Waals surface area contributed by atoms with Gasteiger partial charge in [-0.05, 0) is 44.5 Å². The minimum atomic E-state index is -2.99. The number of nitrogens with zero attached hydrogens (tertiary/aromatic N) is 1. The number of anilines is 1. The van der Waals surface area contributed by atoms with E-state index in [4.69, 9.17) is 11.6 Å². The van der Waals surface area contributed by atoms with Gasteiger partial charge in [-0.15, -0.1) is 0 Å². The van der Waals surface area contributed by atoms with Crippen molar-refractivity contribution in [3.05, 3.63) is 29.3 Å². The molecule has 1 aliphatic rings. The first kappa shape index (κ1) is 17.1. The molecule has 2 rings (SSSR count). The van der Waals surface area contributed by atoms with Gasteiger partial charge in [-0.2, -0.15) is 0 Å². The average molecular weight is 345 g/mol. The smallest absolute Gasteiger partial charge is 0.239 e. The summed E-state index contributed by atoms with van der Waals surface area (Å²) in [6.45, 7) is 4.19. The van der Waals surface area contributed by atoms with Crippen molar-refractivity contribution in [3.8, 4) is 0 Å². The van der Waals surface area contributed by atoms with Crippen molar-refractivity contribution in [1.82, 2.24) is 5.32 Å². The second kappa shape index (κ2) is 6.87. The Morgan fingerprint density at radius 2 is 2.00 bits per heavy atom. The first-order chi connectivity index (χ1) is 10.3. The lowest BCUT2D eigenvalue weighted by Crippen LogP contribution is -2.44. The van der Waals surface area contributed by atoms with Crippen LogP contribution in [0.3, 0.4) is 0 Å². The summed E-state index contributed by atoms with van der Waals surface area (Å²) in [4.78, 5) is 14.1. The van der Waals surface area contributed by atoms with Crippen LogP contribution in [0.2, 0.25) is 5.02 Å². The molecule has 0 bridgehead atoms. The Balaban J connectivity index is 1.99. The lowest BCUT2D eigenvalue weighted by atomic mass is 10.2. The maximum Gasteiger partial charge on any atom is 0.239 e. The Morgan fingerprint density at radius 3 is 2.50 bits per heavy atom. The normalized spacial score (nSPS) is 20.1. The van der Waals surface area contributed by atoms with Crippen LogP contribution >= 0.6 is 11.6 Å². The largest absolute Gasteiger partial charge is 0.360 e. The van der Waals surface area contributed by atoms with E-state index in [2.05, 4.69) is 5.32 Å². The van der Waals surface area contributed by atoms with Crippen molar-refractivity contribution >= 4 is 33.0 Å². The number of hydrogen-bond acceptors (Lipinski definition) is 4. The van der Waals surface area contributed by atoms with Crippen LogP contribution in [0.25, 0.3) is 0 Å². The summed E-state index contributed by atoms with van der Waals surface area (Å²) < 4.78 is 22.9. The van der Waals surface area contributed by atoms with Crippen LogP contribution in [-0.4, -0.2) is 44.5 Å². The summed E-state index contributed by atoms with van der Waals surface area (Å²) in [6, 6.07) is 7.18. The maximum atomic E-state index is 12.2. The number of sulfone groups is 1. The minimum Gasteiger partial charge on any atom is -0.360 e. The predicted molar refractivity (Wildman–Crippen MR) is 89.1 cm³/mol. The second-order valence-electron chi connectivity index (χ2n) is 5.87. The van der Waals surface area contributed by atoms with E-state index in [-0.39, 0.29) is 36.0 Å². The quantitative estimate of drug-likeness (QED) is 0.885. The van der Waals surface area contributed by atoms with Crippen LogP contribution in [-0.2, 0) is 14.6 Å². The highest BCUT2D eigenvalue weighted by Gasteiger charge is 2.29. The molecule has 7 heteroatoms. The Labute approximate surface area is 136 Å². The van der Waals surface area contributed by atoms with Crippen LogP contribution in [0.15, 0.2) is 24.3 Å². The van der Waals surface area contributed by atoms with Gasteiger partial charge in [-0.3, -0.25) is 4.79 Å². The monoisotopic (exact) mass is 344 g/mol. The topological polar surface area (TPSA) is 66.5 Å². The van der Waals surface area contributed by atoms with Crippen LogP contribution in [0.1, 0.15) is 20.3 Å². The average Bonchev–Trinajstić information content (AvgIpc) is 2.76. The molecule has 0 spiro atoms. The van der Waals surface area contributed by atoms with Crippen LogP contribution in [0.4, 0.5) is 5.69 Å². The van der Waals surface area contributed by atoms with E-state index in [1.165, 1.54) is 0 Å². The molecule has 1 fully saturated rings. The number of rotatable bonds is 5. The third kappa shape index (κ3) is 4.61. The Morgan fingerprint density at radius 1 is 1.36 bits per heavy atom. The van der Waals surface area contributed by atoms with Crippen molar-refractivity contribution in [2.24, 2.45) is 0 Å². The van der Waals surface area contributed by atoms with E-state index in [1.54, 1.807) is 12.1 Å². The molecule has 0 unspecified atom stereocenters. The number of hydrogen-bond donors (Lipinski definition) is 1. The number of amides is 1. The number of carbonyl (C=O) groups excluding carboxylic acids is 1. The standard InChI is InChI=1S/C15H21ClN2O3S/c1-11(2)18(14-5-3-12(16)4-6-14)9-15(19)17-13-7-8-22(20,21)10-13/h3-6,11,13H,7-10H2,1-2H3,(H,17,19)/t13-/m0/s1. The van der Waals surface area contributed by atoms with Gasteiger partial charge in [0, 0.05) is 22.8 Å². The maximum absolute atomic E-state index is 12.2. The molecular weight excluding hydrogens is 324 g/mol. The van der Waals surface area contributed by atoms with Crippen LogP contribution in [0.5, 0.6) is 0 Å². The molecule has 1 aromatic rings. The molecule has 0 radical (unpaired) electrons. The minimum absolute atomic E-state index is 0.0430. The summed E-state index contributed by atoms with van der Waals surface area (Å²) in [6.07, 6.45) is 0.497. The Kier molecular flexibility index (Phi) is 5.34. The van der Waals surface area contributed by atoms with Crippen molar-refractivity contribution in [2.75, 3.05) is 23.0 Å². The Bertz CT molecular complexity index is 629. The molecule has 122 valence electrons. The number of nitrogens with one attached hydrogen (secondary N) is 1. The lowest BCUT2D eigenvalue weighted by Gasteiger charge is -2.29. The molecule has 1 atom stereocenters. The number of carbonyl (C=O) groups is 1. The fourth-order valence-corrected chi connectivity index (χ4v) is 4.34. The highest BCUT2D eigenvalue weighted by Crippen LogP contribution is 2.20. The molecule has 22 heavy (non-hydrogen) atoms. The fourth-order valence-electron chi connectivity index (χ4n) is 2.54. The van der Waals surface area contributed by atoms with Crippen molar-refractivity contribution in [3.63, 3.8) is 0 Å². The molecule has 1 aliphatic heterocycles. The fraction of sp³-hybridized carbons (Fsp3) is 0.533. The predicted octanol–water partition coefficient (Wildman–Crippen LogP) is 1.86. The SMILES string of the molecule is CC(C)N(CC(=O)N[C@H]1CCS(=O)(=O)C1)c1ccc(Cl)cc1. The zero-order valence-electron chi connectivity index (χ0n) is 12.8. The molecule has 0 aromatic heterocycles. The van der Waals surface area contributed by atoms with Gasteiger partial charge in [-0.25, -0.2) is 8.42 Å². The van der Waals surface area contributed by atoms with Crippen LogP contribution in [0, 0.1) is 0 Å². The van der Waals surface area contributed by atoms with Gasteiger partial charge in [0.1, 0.15) is 0 Å². The molecule has 0 aliphatic carbocycles. The summed E-state index contributed by atoms with van der Waals surface area (Å²) in [7, 11) is -2.99. The van der Waals surface area contributed by atoms with Gasteiger partial charge in [-0.1, -0.05) is 11.6 Å². The van der Waals surface area contributed by atoms with E-state index in [0.29, 0.717) is 11.4 Å². The van der Waals surface area contributed by atoms with Crippen molar-refractivity contribution in [2.45, 2.75) is 32.4 Å². The van der Waals surface area contributed by atoms with Gasteiger partial charge < -0.3 is 10.2 Å². The molecule has 0 saturated carbocycles. The van der Waals surface area contributed by atoms with Gasteiger partial charge in [0.25, 0.3) is 0 Å². The Hall–Kier alpha value is -1.27. The molecule has 1 amide bonds. The zero-order chi connectivity index (χ0) is 16.3. The number of halogens is 1. The summed E-state index contributed by atoms with van der Waals surface area (Å²) in [5.74, 6) is 0.0375. The van der Waals surface area contributed by atoms with Crippen molar-refractivity contribution in [1.29, 1.82) is 0 Å². The zero-order valence-corrected chi connectivity index (χ0v) is 14.3. The first-order valence-corrected chi connectivity index (χ1v) is 9.49. The molecular formula is C15H21ClN2O3S. The van der Waals surface area contributed by atoms with Gasteiger partial charge in [0.15, 0.2) is 9.84 Å². The van der Waals surface area contributed by atoms with Crippen molar-refractivity contribution < 1.29 is 13.2 Å². The van der Waals surface area contributed by atoms with Crippen LogP contribution < -0.4 is 10.2 Å². The molecule has 1 heterocycles. The van der Waals surface area contributed by atoms with E-state index in [1.807, 2.05) is 30.9 Å². The molecule has 1 N–H and O–H groups in total. The summed E-state index contributed by atoms with van der Waals surface area (Å²) in [5, 5.41) is 3.46. The van der Waals surface area contributed by atoms with E-state index in [0.717, 1.165) is 5.69 Å². The lowest BCUT2D eigenvalue weighted by molar-refractivity contribution is -0.120. The molecule has 1 saturated heterocycles. The highest BCUT2D eigenvalue weighted by molar-refractivity contribution is 7.91. The summed E-state index contributed by atoms with van der Waals surface area (Å²) in [5.41, 5.74) is 0.911. The second-order valence-corrected chi connectivity index (χ2v) is 8.53. The third-order valence-corrected chi connectivity index (χ3v) is 5.71. The van der Waals surface area contributed by atoms with Gasteiger partial charge in [0.2, 0.25) is 5.91 Å². The van der Waals surface area contributed by atoms with Gasteiger partial charge in [0.05, 0.1) is 18.1 Å². The highest BCUT2D eigenvalue weighted by atomic mass is 35.5. The van der Waals surface area contributed by atoms with Gasteiger partial charge >= 0.3 is 0 Å². The first-order valence-electron chi connectivity index (χ1n) is 7.29. The number of benzene rings is 1.